The third-order valence-electron chi connectivity index (χ3n) is 4.25. The standard InChI is InChI=1S/C19H19ClN2O2/c1-13-2-4-14(5-3-13)12-21-18(23)17-10-11-22(19(17)24)16-8-6-15(20)7-9-16/h2-9,17H,10-12H2,1H3,(H,21,23)/t17-/m0/s1. The molecule has 124 valence electrons. The number of nitrogens with one attached hydrogen (secondary N) is 1. The lowest BCUT2D eigenvalue weighted by atomic mass is 10.1. The molecule has 1 N–H and O–H groups in total. The van der Waals surface area contributed by atoms with Crippen LogP contribution < -0.4 is 10.2 Å². The van der Waals surface area contributed by atoms with E-state index in [0.29, 0.717) is 24.5 Å². The zero-order valence-corrected chi connectivity index (χ0v) is 14.2. The number of hydrogen-bond donors (Lipinski definition) is 1. The van der Waals surface area contributed by atoms with E-state index in [0.717, 1.165) is 11.3 Å². The van der Waals surface area contributed by atoms with Gasteiger partial charge in [0.15, 0.2) is 0 Å². The lowest BCUT2D eigenvalue weighted by Crippen LogP contribution is -2.36. The summed E-state index contributed by atoms with van der Waals surface area (Å²) in [6.45, 7) is 3.00. The molecular formula is C19H19ClN2O2. The highest BCUT2D eigenvalue weighted by Crippen LogP contribution is 2.26. The Morgan fingerprint density at radius 2 is 1.83 bits per heavy atom. The average Bonchev–Trinajstić information content (AvgIpc) is 2.96. The van der Waals surface area contributed by atoms with Gasteiger partial charge in [0.1, 0.15) is 5.92 Å². The normalized spacial score (nSPS) is 17.2. The number of nitrogens with zero attached hydrogens (tertiary/aromatic N) is 1. The van der Waals surface area contributed by atoms with E-state index in [-0.39, 0.29) is 11.8 Å². The van der Waals surface area contributed by atoms with Crippen molar-refractivity contribution in [1.29, 1.82) is 0 Å². The second-order valence-corrected chi connectivity index (χ2v) is 6.45. The monoisotopic (exact) mass is 342 g/mol. The number of amides is 2. The highest BCUT2D eigenvalue weighted by atomic mass is 35.5. The first-order valence-electron chi connectivity index (χ1n) is 7.95. The molecule has 1 saturated heterocycles. The van der Waals surface area contributed by atoms with Crippen LogP contribution in [0.15, 0.2) is 48.5 Å². The van der Waals surface area contributed by atoms with Gasteiger partial charge in [-0.05, 0) is 43.2 Å². The Bertz CT molecular complexity index is 741. The highest BCUT2D eigenvalue weighted by molar-refractivity contribution is 6.30. The van der Waals surface area contributed by atoms with Gasteiger partial charge in [0, 0.05) is 23.8 Å². The molecule has 1 aliphatic heterocycles. The Hall–Kier alpha value is -2.33. The summed E-state index contributed by atoms with van der Waals surface area (Å²) in [5, 5.41) is 3.49. The van der Waals surface area contributed by atoms with E-state index in [1.807, 2.05) is 31.2 Å². The summed E-state index contributed by atoms with van der Waals surface area (Å²) < 4.78 is 0. The van der Waals surface area contributed by atoms with Crippen molar-refractivity contribution in [2.45, 2.75) is 19.9 Å². The Kier molecular flexibility index (Phi) is 4.86. The summed E-state index contributed by atoms with van der Waals surface area (Å²) in [6, 6.07) is 15.1. The lowest BCUT2D eigenvalue weighted by molar-refractivity contribution is -0.132. The summed E-state index contributed by atoms with van der Waals surface area (Å²) in [5.41, 5.74) is 2.97. The highest BCUT2D eigenvalue weighted by Gasteiger charge is 2.37. The number of hydrogen-bond acceptors (Lipinski definition) is 2. The van der Waals surface area contributed by atoms with E-state index < -0.39 is 5.92 Å². The molecule has 0 bridgehead atoms. The zero-order valence-electron chi connectivity index (χ0n) is 13.5. The number of aryl methyl sites for hydroxylation is 1. The van der Waals surface area contributed by atoms with Gasteiger partial charge in [-0.15, -0.1) is 0 Å². The van der Waals surface area contributed by atoms with Crippen LogP contribution in [0.5, 0.6) is 0 Å². The van der Waals surface area contributed by atoms with E-state index in [9.17, 15) is 9.59 Å². The van der Waals surface area contributed by atoms with Crippen LogP contribution in [0.25, 0.3) is 0 Å². The summed E-state index contributed by atoms with van der Waals surface area (Å²) in [4.78, 5) is 26.5. The molecule has 1 aliphatic rings. The number of rotatable bonds is 4. The van der Waals surface area contributed by atoms with E-state index in [1.165, 1.54) is 5.56 Å². The molecule has 0 aromatic heterocycles. The molecule has 1 fully saturated rings. The van der Waals surface area contributed by atoms with Gasteiger partial charge in [-0.3, -0.25) is 9.59 Å². The second-order valence-electron chi connectivity index (χ2n) is 6.01. The molecule has 2 aromatic rings. The van der Waals surface area contributed by atoms with Gasteiger partial charge in [0.2, 0.25) is 11.8 Å². The van der Waals surface area contributed by atoms with E-state index >= 15 is 0 Å². The topological polar surface area (TPSA) is 49.4 Å². The fraction of sp³-hybridized carbons (Fsp3) is 0.263. The summed E-state index contributed by atoms with van der Waals surface area (Å²) >= 11 is 5.88. The summed E-state index contributed by atoms with van der Waals surface area (Å²) in [7, 11) is 0. The molecule has 24 heavy (non-hydrogen) atoms. The van der Waals surface area contributed by atoms with Gasteiger partial charge in [-0.1, -0.05) is 41.4 Å². The van der Waals surface area contributed by atoms with Crippen molar-refractivity contribution in [3.8, 4) is 0 Å². The fourth-order valence-corrected chi connectivity index (χ4v) is 2.94. The molecule has 5 heteroatoms. The molecule has 0 aliphatic carbocycles. The van der Waals surface area contributed by atoms with Gasteiger partial charge in [-0.2, -0.15) is 0 Å². The van der Waals surface area contributed by atoms with Gasteiger partial charge < -0.3 is 10.2 Å². The van der Waals surface area contributed by atoms with E-state index in [1.54, 1.807) is 29.2 Å². The Morgan fingerprint density at radius 1 is 1.17 bits per heavy atom. The number of carbonyl (C=O) groups excluding carboxylic acids is 2. The minimum atomic E-state index is -0.619. The average molecular weight is 343 g/mol. The molecule has 0 spiro atoms. The minimum absolute atomic E-state index is 0.154. The van der Waals surface area contributed by atoms with Crippen LogP contribution in [0.1, 0.15) is 17.5 Å². The van der Waals surface area contributed by atoms with Crippen molar-refractivity contribution < 1.29 is 9.59 Å². The van der Waals surface area contributed by atoms with Crippen LogP contribution in [-0.2, 0) is 16.1 Å². The predicted octanol–water partition coefficient (Wildman–Crippen LogP) is 3.32. The van der Waals surface area contributed by atoms with Crippen LogP contribution in [0, 0.1) is 12.8 Å². The summed E-state index contributed by atoms with van der Waals surface area (Å²) in [5.74, 6) is -0.984. The third kappa shape index (κ3) is 3.60. The van der Waals surface area contributed by atoms with Gasteiger partial charge in [-0.25, -0.2) is 0 Å². The molecule has 4 nitrogen and oxygen atoms in total. The minimum Gasteiger partial charge on any atom is -0.351 e. The van der Waals surface area contributed by atoms with Crippen LogP contribution >= 0.6 is 11.6 Å². The Labute approximate surface area is 146 Å². The molecule has 1 heterocycles. The largest absolute Gasteiger partial charge is 0.351 e. The van der Waals surface area contributed by atoms with E-state index in [4.69, 9.17) is 11.6 Å². The van der Waals surface area contributed by atoms with Crippen molar-refractivity contribution in [1.82, 2.24) is 5.32 Å². The zero-order chi connectivity index (χ0) is 17.1. The number of halogens is 1. The van der Waals surface area contributed by atoms with E-state index in [2.05, 4.69) is 5.32 Å². The van der Waals surface area contributed by atoms with Crippen molar-refractivity contribution in [3.05, 3.63) is 64.7 Å². The number of anilines is 1. The van der Waals surface area contributed by atoms with Gasteiger partial charge >= 0.3 is 0 Å². The first kappa shape index (κ1) is 16.5. The Morgan fingerprint density at radius 3 is 2.50 bits per heavy atom. The maximum atomic E-state index is 12.5. The fourth-order valence-electron chi connectivity index (χ4n) is 2.82. The smallest absolute Gasteiger partial charge is 0.239 e. The van der Waals surface area contributed by atoms with Crippen molar-refractivity contribution >= 4 is 29.1 Å². The quantitative estimate of drug-likeness (QED) is 0.866. The number of carbonyl (C=O) groups is 2. The molecule has 0 saturated carbocycles. The first-order valence-corrected chi connectivity index (χ1v) is 8.32. The SMILES string of the molecule is Cc1ccc(CNC(=O)[C@@H]2CCN(c3ccc(Cl)cc3)C2=O)cc1. The maximum absolute atomic E-state index is 12.5. The van der Waals surface area contributed by atoms with Crippen LogP contribution in [0.4, 0.5) is 5.69 Å². The molecule has 2 aromatic carbocycles. The molecular weight excluding hydrogens is 324 g/mol. The van der Waals surface area contributed by atoms with Crippen LogP contribution in [0.3, 0.4) is 0 Å². The van der Waals surface area contributed by atoms with Gasteiger partial charge in [0.25, 0.3) is 0 Å². The lowest BCUT2D eigenvalue weighted by Gasteiger charge is -2.17. The Balaban J connectivity index is 1.61. The van der Waals surface area contributed by atoms with Gasteiger partial charge in [0.05, 0.1) is 0 Å². The summed E-state index contributed by atoms with van der Waals surface area (Å²) in [6.07, 6.45) is 0.529. The van der Waals surface area contributed by atoms with Crippen molar-refractivity contribution in [2.75, 3.05) is 11.4 Å². The molecule has 1 atom stereocenters. The van der Waals surface area contributed by atoms with Crippen LogP contribution in [-0.4, -0.2) is 18.4 Å². The van der Waals surface area contributed by atoms with Crippen LogP contribution in [0.2, 0.25) is 5.02 Å². The number of benzene rings is 2. The third-order valence-corrected chi connectivity index (χ3v) is 4.50. The molecule has 0 radical (unpaired) electrons. The van der Waals surface area contributed by atoms with Crippen molar-refractivity contribution in [3.63, 3.8) is 0 Å². The molecule has 3 rings (SSSR count). The molecule has 2 amide bonds. The first-order chi connectivity index (χ1) is 11.5. The van der Waals surface area contributed by atoms with Crippen molar-refractivity contribution in [2.24, 2.45) is 5.92 Å². The predicted molar refractivity (Wildman–Crippen MR) is 94.9 cm³/mol. The second kappa shape index (κ2) is 7.05. The molecule has 0 unspecified atom stereocenters. The maximum Gasteiger partial charge on any atom is 0.239 e.